The van der Waals surface area contributed by atoms with Crippen LogP contribution in [0.3, 0.4) is 0 Å². The zero-order chi connectivity index (χ0) is 12.1. The first kappa shape index (κ1) is 12.8. The van der Waals surface area contributed by atoms with Crippen LogP contribution in [0, 0.1) is 0 Å². The topological polar surface area (TPSA) is 37.3 Å². The Bertz CT molecular complexity index is 462. The van der Waals surface area contributed by atoms with Crippen molar-refractivity contribution in [3.63, 3.8) is 0 Å². The van der Waals surface area contributed by atoms with Crippen molar-refractivity contribution in [3.8, 4) is 0 Å². The molecule has 0 saturated heterocycles. The predicted molar refractivity (Wildman–Crippen MR) is 66.9 cm³/mol. The Morgan fingerprint density at radius 1 is 1.31 bits per heavy atom. The average molecular weight is 257 g/mol. The lowest BCUT2D eigenvalue weighted by molar-refractivity contribution is -0.131. The molecule has 0 radical (unpaired) electrons. The number of hydrogen-bond donors (Lipinski definition) is 1. The summed E-state index contributed by atoms with van der Waals surface area (Å²) in [7, 11) is 0. The minimum atomic E-state index is -0.974. The molecule has 0 aromatic heterocycles. The standard InChI is InChI=1S/C12H10Cl2O2/c1-8(3-2-4-12(15)16)9-5-6-10(13)11(14)7-9/h2-7H,1H3,(H,15,16)/b4-2+,8-3-. The molecule has 1 N–H and O–H groups in total. The maximum atomic E-state index is 10.3. The summed E-state index contributed by atoms with van der Waals surface area (Å²) in [6, 6.07) is 5.27. The Morgan fingerprint density at radius 3 is 2.56 bits per heavy atom. The second-order valence-electron chi connectivity index (χ2n) is 3.18. The monoisotopic (exact) mass is 256 g/mol. The van der Waals surface area contributed by atoms with Gasteiger partial charge in [-0.05, 0) is 30.2 Å². The van der Waals surface area contributed by atoms with Crippen LogP contribution in [0.2, 0.25) is 10.0 Å². The first-order chi connectivity index (χ1) is 7.50. The Hall–Kier alpha value is -1.25. The van der Waals surface area contributed by atoms with Crippen molar-refractivity contribution in [1.82, 2.24) is 0 Å². The number of benzene rings is 1. The SMILES string of the molecule is C/C(=C/C=C/C(=O)O)c1ccc(Cl)c(Cl)c1. The number of aliphatic carboxylic acids is 1. The summed E-state index contributed by atoms with van der Waals surface area (Å²) >= 11 is 11.7. The molecule has 0 unspecified atom stereocenters. The quantitative estimate of drug-likeness (QED) is 0.655. The molecular weight excluding hydrogens is 247 g/mol. The molecule has 0 spiro atoms. The fourth-order valence-corrected chi connectivity index (χ4v) is 1.41. The third-order valence-electron chi connectivity index (χ3n) is 1.96. The smallest absolute Gasteiger partial charge is 0.328 e. The largest absolute Gasteiger partial charge is 0.478 e. The van der Waals surface area contributed by atoms with Crippen LogP contribution in [-0.2, 0) is 4.79 Å². The maximum absolute atomic E-state index is 10.3. The van der Waals surface area contributed by atoms with E-state index >= 15 is 0 Å². The molecule has 0 amide bonds. The molecule has 1 rings (SSSR count). The molecule has 0 bridgehead atoms. The zero-order valence-corrected chi connectivity index (χ0v) is 10.1. The molecule has 2 nitrogen and oxygen atoms in total. The highest BCUT2D eigenvalue weighted by Crippen LogP contribution is 2.25. The highest BCUT2D eigenvalue weighted by molar-refractivity contribution is 6.42. The van der Waals surface area contributed by atoms with Crippen molar-refractivity contribution in [1.29, 1.82) is 0 Å². The van der Waals surface area contributed by atoms with Gasteiger partial charge in [0.2, 0.25) is 0 Å². The molecule has 0 aliphatic carbocycles. The van der Waals surface area contributed by atoms with E-state index in [1.807, 2.05) is 13.0 Å². The lowest BCUT2D eigenvalue weighted by Crippen LogP contribution is -1.85. The van der Waals surface area contributed by atoms with Crippen LogP contribution < -0.4 is 0 Å². The molecule has 1 aromatic rings. The minimum Gasteiger partial charge on any atom is -0.478 e. The van der Waals surface area contributed by atoms with Crippen molar-refractivity contribution in [2.24, 2.45) is 0 Å². The fourth-order valence-electron chi connectivity index (χ4n) is 1.11. The van der Waals surface area contributed by atoms with Gasteiger partial charge in [0.15, 0.2) is 0 Å². The van der Waals surface area contributed by atoms with E-state index in [0.717, 1.165) is 17.2 Å². The maximum Gasteiger partial charge on any atom is 0.328 e. The van der Waals surface area contributed by atoms with Gasteiger partial charge in [0, 0.05) is 6.08 Å². The Kier molecular flexibility index (Phi) is 4.59. The van der Waals surface area contributed by atoms with Crippen molar-refractivity contribution >= 4 is 34.7 Å². The second kappa shape index (κ2) is 5.73. The lowest BCUT2D eigenvalue weighted by Gasteiger charge is -2.02. The highest BCUT2D eigenvalue weighted by Gasteiger charge is 2.00. The van der Waals surface area contributed by atoms with E-state index in [-0.39, 0.29) is 0 Å². The number of carbonyl (C=O) groups is 1. The number of carboxylic acids is 1. The van der Waals surface area contributed by atoms with Crippen LogP contribution in [0.4, 0.5) is 0 Å². The van der Waals surface area contributed by atoms with Crippen LogP contribution in [0.25, 0.3) is 5.57 Å². The Morgan fingerprint density at radius 2 is 2.00 bits per heavy atom. The van der Waals surface area contributed by atoms with Gasteiger partial charge in [-0.3, -0.25) is 0 Å². The number of carboxylic acid groups (broad SMARTS) is 1. The summed E-state index contributed by atoms with van der Waals surface area (Å²) in [5.74, 6) is -0.974. The predicted octanol–water partition coefficient (Wildman–Crippen LogP) is 4.04. The molecular formula is C12H10Cl2O2. The summed E-state index contributed by atoms with van der Waals surface area (Å²) in [5, 5.41) is 9.40. The van der Waals surface area contributed by atoms with Crippen molar-refractivity contribution in [2.75, 3.05) is 0 Å². The molecule has 0 aliphatic heterocycles. The van der Waals surface area contributed by atoms with E-state index < -0.39 is 5.97 Å². The normalized spacial score (nSPS) is 12.1. The first-order valence-electron chi connectivity index (χ1n) is 4.54. The molecule has 84 valence electrons. The van der Waals surface area contributed by atoms with E-state index in [4.69, 9.17) is 28.3 Å². The number of halogens is 2. The van der Waals surface area contributed by atoms with Gasteiger partial charge in [-0.1, -0.05) is 41.4 Å². The third kappa shape index (κ3) is 3.72. The van der Waals surface area contributed by atoms with E-state index in [1.54, 1.807) is 18.2 Å². The second-order valence-corrected chi connectivity index (χ2v) is 3.99. The molecule has 0 aliphatic rings. The zero-order valence-electron chi connectivity index (χ0n) is 8.58. The Balaban J connectivity index is 2.92. The van der Waals surface area contributed by atoms with Crippen LogP contribution in [0.15, 0.2) is 36.4 Å². The average Bonchev–Trinajstić information content (AvgIpc) is 2.21. The van der Waals surface area contributed by atoms with Gasteiger partial charge in [0.1, 0.15) is 0 Å². The summed E-state index contributed by atoms with van der Waals surface area (Å²) in [6.45, 7) is 1.87. The first-order valence-corrected chi connectivity index (χ1v) is 5.29. The van der Waals surface area contributed by atoms with Gasteiger partial charge in [-0.2, -0.15) is 0 Å². The van der Waals surface area contributed by atoms with Crippen molar-refractivity contribution < 1.29 is 9.90 Å². The summed E-state index contributed by atoms with van der Waals surface area (Å²) in [5.41, 5.74) is 1.82. The van der Waals surface area contributed by atoms with E-state index in [9.17, 15) is 4.79 Å². The summed E-state index contributed by atoms with van der Waals surface area (Å²) in [6.07, 6.45) is 4.24. The molecule has 0 atom stereocenters. The van der Waals surface area contributed by atoms with E-state index in [1.165, 1.54) is 6.08 Å². The van der Waals surface area contributed by atoms with Crippen LogP contribution in [0.5, 0.6) is 0 Å². The summed E-state index contributed by atoms with van der Waals surface area (Å²) < 4.78 is 0. The van der Waals surface area contributed by atoms with Crippen LogP contribution >= 0.6 is 23.2 Å². The van der Waals surface area contributed by atoms with Crippen LogP contribution in [0.1, 0.15) is 12.5 Å². The van der Waals surface area contributed by atoms with Crippen molar-refractivity contribution in [3.05, 3.63) is 52.0 Å². The highest BCUT2D eigenvalue weighted by atomic mass is 35.5. The van der Waals surface area contributed by atoms with Crippen LogP contribution in [-0.4, -0.2) is 11.1 Å². The van der Waals surface area contributed by atoms with Gasteiger partial charge in [-0.15, -0.1) is 0 Å². The number of allylic oxidation sites excluding steroid dienone is 3. The molecule has 0 fully saturated rings. The van der Waals surface area contributed by atoms with Gasteiger partial charge in [0.05, 0.1) is 10.0 Å². The molecule has 1 aromatic carbocycles. The van der Waals surface area contributed by atoms with Crippen molar-refractivity contribution in [2.45, 2.75) is 6.92 Å². The third-order valence-corrected chi connectivity index (χ3v) is 2.70. The molecule has 4 heteroatoms. The molecule has 0 heterocycles. The van der Waals surface area contributed by atoms with Gasteiger partial charge in [0.25, 0.3) is 0 Å². The minimum absolute atomic E-state index is 0.481. The number of rotatable bonds is 3. The van der Waals surface area contributed by atoms with Gasteiger partial charge < -0.3 is 5.11 Å². The summed E-state index contributed by atoms with van der Waals surface area (Å²) in [4.78, 5) is 10.3. The molecule has 16 heavy (non-hydrogen) atoms. The number of hydrogen-bond acceptors (Lipinski definition) is 1. The Labute approximate surface area is 104 Å². The van der Waals surface area contributed by atoms with Gasteiger partial charge in [-0.25, -0.2) is 4.79 Å². The lowest BCUT2D eigenvalue weighted by atomic mass is 10.1. The van der Waals surface area contributed by atoms with Gasteiger partial charge >= 0.3 is 5.97 Å². The molecule has 0 saturated carbocycles. The fraction of sp³-hybridized carbons (Fsp3) is 0.0833. The van der Waals surface area contributed by atoms with E-state index in [2.05, 4.69) is 0 Å². The van der Waals surface area contributed by atoms with E-state index in [0.29, 0.717) is 10.0 Å².